The first-order valence-electron chi connectivity index (χ1n) is 14.0. The molecule has 2 heterocycles. The molecule has 0 N–H and O–H groups in total. The molecule has 0 spiro atoms. The van der Waals surface area contributed by atoms with Crippen molar-refractivity contribution in [3.63, 3.8) is 0 Å². The van der Waals surface area contributed by atoms with Crippen molar-refractivity contribution in [1.82, 2.24) is 9.97 Å². The molecule has 0 bridgehead atoms. The number of rotatable bonds is 3. The van der Waals surface area contributed by atoms with E-state index in [0.717, 1.165) is 55.3 Å². The number of nitriles is 1. The van der Waals surface area contributed by atoms with Crippen molar-refractivity contribution >= 4 is 43.4 Å². The summed E-state index contributed by atoms with van der Waals surface area (Å²) in [4.78, 5) is 9.87. The number of hydrogen-bond acceptors (Lipinski definition) is 3. The summed E-state index contributed by atoms with van der Waals surface area (Å²) in [5, 5.41) is 16.0. The van der Waals surface area contributed by atoms with E-state index < -0.39 is 0 Å². The van der Waals surface area contributed by atoms with Gasteiger partial charge in [0.05, 0.1) is 28.4 Å². The van der Waals surface area contributed by atoms with Crippen LogP contribution in [0.25, 0.3) is 76.9 Å². The van der Waals surface area contributed by atoms with Crippen molar-refractivity contribution in [3.05, 3.63) is 145 Å². The highest BCUT2D eigenvalue weighted by Gasteiger charge is 2.14. The van der Waals surface area contributed by atoms with Gasteiger partial charge < -0.3 is 0 Å². The zero-order chi connectivity index (χ0) is 28.0. The van der Waals surface area contributed by atoms with Crippen LogP contribution in [0.1, 0.15) is 5.56 Å². The third-order valence-corrected chi connectivity index (χ3v) is 8.09. The molecule has 0 aliphatic rings. The Balaban J connectivity index is 1.29. The van der Waals surface area contributed by atoms with Crippen LogP contribution in [0.2, 0.25) is 0 Å². The molecule has 0 radical (unpaired) electrons. The van der Waals surface area contributed by atoms with Crippen LogP contribution in [0.15, 0.2) is 140 Å². The van der Waals surface area contributed by atoms with Gasteiger partial charge in [-0.15, -0.1) is 0 Å². The Hall–Kier alpha value is -5.85. The van der Waals surface area contributed by atoms with Gasteiger partial charge in [0.2, 0.25) is 0 Å². The second kappa shape index (κ2) is 9.66. The molecule has 0 fully saturated rings. The van der Waals surface area contributed by atoms with Gasteiger partial charge in [0.15, 0.2) is 0 Å². The molecular weight excluding hydrogens is 510 g/mol. The van der Waals surface area contributed by atoms with Crippen LogP contribution in [0, 0.1) is 11.3 Å². The molecule has 0 saturated heterocycles. The maximum atomic E-state index is 9.14. The van der Waals surface area contributed by atoms with Gasteiger partial charge in [0.1, 0.15) is 0 Å². The SMILES string of the molecule is N#Cc1ccc(-c2ccc3cc(-c4cc5ccccc5cc4-c4ccc5ccc6cccnc6c5n4)ccc3c2)cc1. The van der Waals surface area contributed by atoms with Crippen LogP contribution in [0.5, 0.6) is 0 Å². The Morgan fingerprint density at radius 3 is 1.79 bits per heavy atom. The van der Waals surface area contributed by atoms with Crippen molar-refractivity contribution in [2.24, 2.45) is 0 Å². The van der Waals surface area contributed by atoms with Crippen LogP contribution in [0.3, 0.4) is 0 Å². The fourth-order valence-corrected chi connectivity index (χ4v) is 5.89. The Kier molecular flexibility index (Phi) is 5.52. The van der Waals surface area contributed by atoms with Crippen molar-refractivity contribution in [2.75, 3.05) is 0 Å². The highest BCUT2D eigenvalue weighted by atomic mass is 14.8. The predicted octanol–water partition coefficient (Wildman–Crippen LogP) is 9.96. The van der Waals surface area contributed by atoms with E-state index in [0.29, 0.717) is 5.56 Å². The van der Waals surface area contributed by atoms with Crippen LogP contribution in [-0.4, -0.2) is 9.97 Å². The highest BCUT2D eigenvalue weighted by molar-refractivity contribution is 6.04. The molecule has 6 aromatic carbocycles. The maximum Gasteiger partial charge on any atom is 0.0991 e. The number of fused-ring (bicyclic) bond motifs is 5. The van der Waals surface area contributed by atoms with Gasteiger partial charge >= 0.3 is 0 Å². The Morgan fingerprint density at radius 1 is 0.452 bits per heavy atom. The van der Waals surface area contributed by atoms with Gasteiger partial charge in [-0.3, -0.25) is 4.98 Å². The first-order chi connectivity index (χ1) is 20.7. The number of hydrogen-bond donors (Lipinski definition) is 0. The zero-order valence-electron chi connectivity index (χ0n) is 22.6. The molecule has 0 amide bonds. The summed E-state index contributed by atoms with van der Waals surface area (Å²) in [7, 11) is 0. The first-order valence-corrected chi connectivity index (χ1v) is 14.0. The average Bonchev–Trinajstić information content (AvgIpc) is 3.07. The van der Waals surface area contributed by atoms with Gasteiger partial charge in [0.25, 0.3) is 0 Å². The standard InChI is InChI=1S/C39H23N3/c40-24-25-7-9-26(10-8-25)31-13-14-33-21-34(16-15-32(33)20-31)35-22-29-4-1-2-5-30(29)23-36(35)37-18-17-28-12-11-27-6-3-19-41-38(27)39(28)42-37/h1-23H. The Morgan fingerprint density at radius 2 is 1.02 bits per heavy atom. The Labute approximate surface area is 243 Å². The second-order valence-electron chi connectivity index (χ2n) is 10.6. The monoisotopic (exact) mass is 533 g/mol. The van der Waals surface area contributed by atoms with Crippen LogP contribution < -0.4 is 0 Å². The summed E-state index contributed by atoms with van der Waals surface area (Å²) in [6.45, 7) is 0. The van der Waals surface area contributed by atoms with E-state index in [2.05, 4.69) is 114 Å². The smallest absolute Gasteiger partial charge is 0.0991 e. The van der Waals surface area contributed by atoms with Gasteiger partial charge in [-0.2, -0.15) is 5.26 Å². The van der Waals surface area contributed by atoms with Crippen LogP contribution in [0.4, 0.5) is 0 Å². The van der Waals surface area contributed by atoms with Gasteiger partial charge in [0, 0.05) is 22.5 Å². The van der Waals surface area contributed by atoms with Crippen LogP contribution in [-0.2, 0) is 0 Å². The first kappa shape index (κ1) is 24.0. The third-order valence-electron chi connectivity index (χ3n) is 8.09. The van der Waals surface area contributed by atoms with Gasteiger partial charge in [-0.05, 0) is 92.3 Å². The third kappa shape index (κ3) is 4.06. The lowest BCUT2D eigenvalue weighted by atomic mass is 9.91. The van der Waals surface area contributed by atoms with E-state index in [1.807, 2.05) is 36.5 Å². The molecule has 8 aromatic rings. The molecule has 194 valence electrons. The van der Waals surface area contributed by atoms with E-state index in [1.165, 1.54) is 21.5 Å². The number of benzene rings is 6. The van der Waals surface area contributed by atoms with Crippen molar-refractivity contribution < 1.29 is 0 Å². The van der Waals surface area contributed by atoms with Gasteiger partial charge in [-0.25, -0.2) is 4.98 Å². The fraction of sp³-hybridized carbons (Fsp3) is 0. The van der Waals surface area contributed by atoms with Gasteiger partial charge in [-0.1, -0.05) is 84.9 Å². The average molecular weight is 534 g/mol. The number of aromatic nitrogens is 2. The van der Waals surface area contributed by atoms with Crippen LogP contribution >= 0.6 is 0 Å². The van der Waals surface area contributed by atoms with E-state index in [4.69, 9.17) is 10.2 Å². The summed E-state index contributed by atoms with van der Waals surface area (Å²) in [5.41, 5.74) is 9.05. The van der Waals surface area contributed by atoms with Crippen molar-refractivity contribution in [2.45, 2.75) is 0 Å². The van der Waals surface area contributed by atoms with Crippen molar-refractivity contribution in [1.29, 1.82) is 5.26 Å². The number of nitrogens with zero attached hydrogens (tertiary/aromatic N) is 3. The maximum absolute atomic E-state index is 9.14. The summed E-state index contributed by atoms with van der Waals surface area (Å²) < 4.78 is 0. The lowest BCUT2D eigenvalue weighted by molar-refractivity contribution is 1.37. The summed E-state index contributed by atoms with van der Waals surface area (Å²) in [6.07, 6.45) is 1.83. The second-order valence-corrected chi connectivity index (χ2v) is 10.6. The molecule has 0 aliphatic heterocycles. The summed E-state index contributed by atoms with van der Waals surface area (Å²) >= 11 is 0. The predicted molar refractivity (Wildman–Crippen MR) is 173 cm³/mol. The lowest BCUT2D eigenvalue weighted by Crippen LogP contribution is -1.92. The molecule has 42 heavy (non-hydrogen) atoms. The summed E-state index contributed by atoms with van der Waals surface area (Å²) in [5.74, 6) is 0. The molecule has 3 heteroatoms. The molecule has 8 rings (SSSR count). The molecule has 0 saturated carbocycles. The molecule has 0 unspecified atom stereocenters. The number of pyridine rings is 2. The molecule has 0 aliphatic carbocycles. The summed E-state index contributed by atoms with van der Waals surface area (Å²) in [6, 6.07) is 48.7. The Bertz CT molecular complexity index is 2360. The normalized spacial score (nSPS) is 11.3. The minimum atomic E-state index is 0.667. The minimum absolute atomic E-state index is 0.667. The topological polar surface area (TPSA) is 49.6 Å². The molecule has 2 aromatic heterocycles. The lowest BCUT2D eigenvalue weighted by Gasteiger charge is -2.14. The van der Waals surface area contributed by atoms with E-state index in [1.54, 1.807) is 0 Å². The van der Waals surface area contributed by atoms with Crippen molar-refractivity contribution in [3.8, 4) is 39.6 Å². The zero-order valence-corrected chi connectivity index (χ0v) is 22.6. The molecule has 0 atom stereocenters. The molecular formula is C39H23N3. The van der Waals surface area contributed by atoms with E-state index >= 15 is 0 Å². The largest absolute Gasteiger partial charge is 0.254 e. The fourth-order valence-electron chi connectivity index (χ4n) is 5.89. The minimum Gasteiger partial charge on any atom is -0.254 e. The molecule has 3 nitrogen and oxygen atoms in total. The van der Waals surface area contributed by atoms with E-state index in [9.17, 15) is 0 Å². The van der Waals surface area contributed by atoms with E-state index in [-0.39, 0.29) is 0 Å². The quantitative estimate of drug-likeness (QED) is 0.212. The highest BCUT2D eigenvalue weighted by Crippen LogP contribution is 2.38.